The van der Waals surface area contributed by atoms with Crippen molar-refractivity contribution in [1.82, 2.24) is 14.7 Å². The van der Waals surface area contributed by atoms with Gasteiger partial charge >= 0.3 is 0 Å². The fourth-order valence-corrected chi connectivity index (χ4v) is 3.51. The number of rotatable bonds is 3. The molecule has 1 saturated heterocycles. The Kier molecular flexibility index (Phi) is 5.67. The van der Waals surface area contributed by atoms with Crippen LogP contribution in [-0.4, -0.2) is 39.7 Å². The minimum Gasteiger partial charge on any atom is -0.335 e. The van der Waals surface area contributed by atoms with Crippen molar-refractivity contribution in [3.8, 4) is 5.69 Å². The Balaban J connectivity index is 0.00000208. The van der Waals surface area contributed by atoms with Gasteiger partial charge in [0.2, 0.25) is 0 Å². The van der Waals surface area contributed by atoms with Gasteiger partial charge in [-0.2, -0.15) is 5.10 Å². The monoisotopic (exact) mass is 348 g/mol. The highest BCUT2D eigenvalue weighted by Gasteiger charge is 2.34. The minimum absolute atomic E-state index is 0. The number of carbonyl (C=O) groups is 1. The summed E-state index contributed by atoms with van der Waals surface area (Å²) in [5.74, 6) is 0.476. The molecule has 2 N–H and O–H groups in total. The fourth-order valence-electron chi connectivity index (χ4n) is 3.51. The minimum atomic E-state index is 0. The average molecular weight is 349 g/mol. The van der Waals surface area contributed by atoms with Crippen molar-refractivity contribution in [3.63, 3.8) is 0 Å². The Hall–Kier alpha value is -1.85. The molecule has 1 aliphatic rings. The topological polar surface area (TPSA) is 64.2 Å². The second-order valence-corrected chi connectivity index (χ2v) is 6.44. The Labute approximate surface area is 149 Å². The van der Waals surface area contributed by atoms with Gasteiger partial charge in [-0.3, -0.25) is 4.79 Å². The summed E-state index contributed by atoms with van der Waals surface area (Å²) in [5.41, 5.74) is 9.15. The summed E-state index contributed by atoms with van der Waals surface area (Å²) in [7, 11) is 0. The predicted molar refractivity (Wildman–Crippen MR) is 97.9 cm³/mol. The Morgan fingerprint density at radius 2 is 1.96 bits per heavy atom. The number of likely N-dealkylation sites (tertiary alicyclic amines) is 1. The van der Waals surface area contributed by atoms with Gasteiger partial charge in [0, 0.05) is 12.6 Å². The quantitative estimate of drug-likeness (QED) is 0.927. The zero-order valence-electron chi connectivity index (χ0n) is 14.4. The van der Waals surface area contributed by atoms with Crippen LogP contribution in [0.5, 0.6) is 0 Å². The highest BCUT2D eigenvalue weighted by molar-refractivity contribution is 5.97. The average Bonchev–Trinajstić information content (AvgIpc) is 3.07. The zero-order chi connectivity index (χ0) is 16.6. The molecule has 0 aliphatic carbocycles. The molecule has 3 rings (SSSR count). The third kappa shape index (κ3) is 3.19. The van der Waals surface area contributed by atoms with E-state index in [1.807, 2.05) is 53.8 Å². The van der Waals surface area contributed by atoms with Crippen LogP contribution in [-0.2, 0) is 0 Å². The van der Waals surface area contributed by atoms with E-state index in [-0.39, 0.29) is 24.4 Å². The molecule has 1 aliphatic heterocycles. The first-order valence-electron chi connectivity index (χ1n) is 8.15. The van der Waals surface area contributed by atoms with Crippen LogP contribution in [0, 0.1) is 19.8 Å². The van der Waals surface area contributed by atoms with E-state index in [2.05, 4.69) is 12.0 Å². The maximum Gasteiger partial charge on any atom is 0.257 e. The van der Waals surface area contributed by atoms with Crippen molar-refractivity contribution in [2.75, 3.05) is 13.1 Å². The lowest BCUT2D eigenvalue weighted by Crippen LogP contribution is -2.35. The third-order valence-corrected chi connectivity index (χ3v) is 4.76. The zero-order valence-corrected chi connectivity index (χ0v) is 15.2. The summed E-state index contributed by atoms with van der Waals surface area (Å²) in [6.07, 6.45) is 0.979. The smallest absolute Gasteiger partial charge is 0.257 e. The predicted octanol–water partition coefficient (Wildman–Crippen LogP) is 2.72. The molecule has 6 heteroatoms. The van der Waals surface area contributed by atoms with Crippen LogP contribution in [0.1, 0.15) is 35.1 Å². The number of aromatic nitrogens is 2. The van der Waals surface area contributed by atoms with Crippen LogP contribution in [0.4, 0.5) is 0 Å². The molecule has 0 spiro atoms. The summed E-state index contributed by atoms with van der Waals surface area (Å²) >= 11 is 0. The van der Waals surface area contributed by atoms with Crippen LogP contribution in [0.3, 0.4) is 0 Å². The van der Waals surface area contributed by atoms with Gasteiger partial charge < -0.3 is 10.6 Å². The number of hydrogen-bond donors (Lipinski definition) is 1. The highest BCUT2D eigenvalue weighted by atomic mass is 35.5. The normalized spacial score (nSPS) is 20.1. The van der Waals surface area contributed by atoms with Gasteiger partial charge in [0.05, 0.1) is 22.6 Å². The van der Waals surface area contributed by atoms with Crippen molar-refractivity contribution in [1.29, 1.82) is 0 Å². The summed E-state index contributed by atoms with van der Waals surface area (Å²) < 4.78 is 1.85. The maximum absolute atomic E-state index is 13.0. The first-order chi connectivity index (χ1) is 11.0. The molecule has 24 heavy (non-hydrogen) atoms. The number of aryl methyl sites for hydroxylation is 1. The van der Waals surface area contributed by atoms with Crippen LogP contribution in [0.15, 0.2) is 30.3 Å². The number of para-hydroxylation sites is 1. The van der Waals surface area contributed by atoms with Gasteiger partial charge in [-0.25, -0.2) is 4.68 Å². The Bertz CT molecular complexity index is 713. The molecule has 130 valence electrons. The fraction of sp³-hybridized carbons (Fsp3) is 0.444. The molecule has 1 aromatic heterocycles. The van der Waals surface area contributed by atoms with Crippen LogP contribution in [0.25, 0.3) is 5.69 Å². The standard InChI is InChI=1S/C18H24N4O.ClH/c1-12-9-15(10-19)11-21(12)18(23)17-13(2)20-22(14(17)3)16-7-5-4-6-8-16;/h4-8,12,15H,9-11,19H2,1-3H3;1H. The maximum atomic E-state index is 13.0. The largest absolute Gasteiger partial charge is 0.335 e. The van der Waals surface area contributed by atoms with Gasteiger partial charge in [0.25, 0.3) is 5.91 Å². The van der Waals surface area contributed by atoms with Crippen LogP contribution < -0.4 is 5.73 Å². The van der Waals surface area contributed by atoms with E-state index in [1.165, 1.54) is 0 Å². The molecule has 1 aromatic carbocycles. The van der Waals surface area contributed by atoms with E-state index in [9.17, 15) is 4.79 Å². The van der Waals surface area contributed by atoms with Crippen molar-refractivity contribution in [2.24, 2.45) is 11.7 Å². The van der Waals surface area contributed by atoms with E-state index >= 15 is 0 Å². The number of amides is 1. The van der Waals surface area contributed by atoms with Crippen molar-refractivity contribution >= 4 is 18.3 Å². The van der Waals surface area contributed by atoms with E-state index in [0.29, 0.717) is 12.5 Å². The highest BCUT2D eigenvalue weighted by Crippen LogP contribution is 2.27. The molecule has 2 unspecified atom stereocenters. The number of halogens is 1. The van der Waals surface area contributed by atoms with E-state index in [4.69, 9.17) is 5.73 Å². The number of nitrogens with two attached hydrogens (primary N) is 1. The molecule has 2 atom stereocenters. The molecule has 1 fully saturated rings. The third-order valence-electron chi connectivity index (χ3n) is 4.76. The number of carbonyl (C=O) groups excluding carboxylic acids is 1. The second-order valence-electron chi connectivity index (χ2n) is 6.44. The van der Waals surface area contributed by atoms with E-state index < -0.39 is 0 Å². The van der Waals surface area contributed by atoms with E-state index in [1.54, 1.807) is 0 Å². The number of hydrogen-bond acceptors (Lipinski definition) is 3. The van der Waals surface area contributed by atoms with Gasteiger partial charge in [0.1, 0.15) is 0 Å². The lowest BCUT2D eigenvalue weighted by molar-refractivity contribution is 0.0742. The summed E-state index contributed by atoms with van der Waals surface area (Å²) in [4.78, 5) is 15.0. The van der Waals surface area contributed by atoms with E-state index in [0.717, 1.165) is 35.6 Å². The van der Waals surface area contributed by atoms with Crippen molar-refractivity contribution < 1.29 is 4.79 Å². The molecule has 1 amide bonds. The molecular weight excluding hydrogens is 324 g/mol. The van der Waals surface area contributed by atoms with Crippen LogP contribution in [0.2, 0.25) is 0 Å². The van der Waals surface area contributed by atoms with Gasteiger partial charge in [-0.05, 0) is 51.8 Å². The number of nitrogens with zero attached hydrogens (tertiary/aromatic N) is 3. The van der Waals surface area contributed by atoms with Crippen LogP contribution >= 0.6 is 12.4 Å². The van der Waals surface area contributed by atoms with Gasteiger partial charge in [-0.1, -0.05) is 18.2 Å². The SMILES string of the molecule is Cc1nn(-c2ccccc2)c(C)c1C(=O)N1CC(CN)CC1C.Cl. The lowest BCUT2D eigenvalue weighted by atomic mass is 10.1. The molecule has 2 heterocycles. The lowest BCUT2D eigenvalue weighted by Gasteiger charge is -2.21. The molecule has 0 saturated carbocycles. The molecule has 2 aromatic rings. The molecule has 0 bridgehead atoms. The van der Waals surface area contributed by atoms with Crippen molar-refractivity contribution in [3.05, 3.63) is 47.3 Å². The molecular formula is C18H25ClN4O. The van der Waals surface area contributed by atoms with Gasteiger partial charge in [-0.15, -0.1) is 12.4 Å². The number of benzene rings is 1. The summed E-state index contributed by atoms with van der Waals surface area (Å²) in [6.45, 7) is 7.34. The molecule has 0 radical (unpaired) electrons. The Morgan fingerprint density at radius 1 is 1.29 bits per heavy atom. The molecule has 5 nitrogen and oxygen atoms in total. The van der Waals surface area contributed by atoms with Crippen molar-refractivity contribution in [2.45, 2.75) is 33.2 Å². The first-order valence-corrected chi connectivity index (χ1v) is 8.15. The second kappa shape index (κ2) is 7.36. The summed E-state index contributed by atoms with van der Waals surface area (Å²) in [6, 6.07) is 10.1. The van der Waals surface area contributed by atoms with Gasteiger partial charge in [0.15, 0.2) is 0 Å². The summed E-state index contributed by atoms with van der Waals surface area (Å²) in [5, 5.41) is 4.58. The first kappa shape index (κ1) is 18.5. The Morgan fingerprint density at radius 3 is 2.54 bits per heavy atom.